The second-order valence-corrected chi connectivity index (χ2v) is 9.16. The maximum absolute atomic E-state index is 4.62. The van der Waals surface area contributed by atoms with Crippen LogP contribution < -0.4 is 10.9 Å². The summed E-state index contributed by atoms with van der Waals surface area (Å²) in [5.41, 5.74) is 18.0. The van der Waals surface area contributed by atoms with Crippen LogP contribution in [0.15, 0.2) is 97.4 Å². The Morgan fingerprint density at radius 1 is 1.06 bits per heavy atom. The van der Waals surface area contributed by atoms with Crippen molar-refractivity contribution in [3.8, 4) is 11.4 Å². The molecule has 0 atom stereocenters. The molecule has 0 bridgehead atoms. The van der Waals surface area contributed by atoms with E-state index in [1.165, 1.54) is 27.8 Å². The van der Waals surface area contributed by atoms with Gasteiger partial charge >= 0.3 is 0 Å². The number of nitrogens with zero attached hydrogens (tertiary/aromatic N) is 3. The van der Waals surface area contributed by atoms with Crippen LogP contribution in [0.3, 0.4) is 0 Å². The fraction of sp³-hybridized carbons (Fsp3) is 0.161. The smallest absolute Gasteiger partial charge is 0.100 e. The molecular weight excluding hydrogens is 442 g/mol. The Morgan fingerprint density at radius 3 is 2.58 bits per heavy atom. The SMILES string of the molecule is C=C(C)/C=C(\NNC)c1ccnc(-c2cn(CCc3ccccc3C3=C(c4ccccc4)[CH]3)n2C)c1.[HH]. The minimum Gasteiger partial charge on any atom is -0.321 e. The van der Waals surface area contributed by atoms with Gasteiger partial charge < -0.3 is 5.43 Å². The average Bonchev–Trinajstić information content (AvgIpc) is 3.69. The Balaban J connectivity index is 0.00000320. The van der Waals surface area contributed by atoms with E-state index in [0.29, 0.717) is 0 Å². The van der Waals surface area contributed by atoms with E-state index in [0.717, 1.165) is 41.2 Å². The summed E-state index contributed by atoms with van der Waals surface area (Å²) in [6.45, 7) is 6.90. The lowest BCUT2D eigenvalue weighted by molar-refractivity contribution is 0.462. The van der Waals surface area contributed by atoms with Gasteiger partial charge in [-0.1, -0.05) is 66.7 Å². The number of hydrazine groups is 1. The number of pyridine rings is 1. The van der Waals surface area contributed by atoms with Crippen molar-refractivity contribution >= 4 is 16.8 Å². The number of hydrogen-bond acceptors (Lipinski definition) is 3. The zero-order valence-electron chi connectivity index (χ0n) is 21.1. The highest BCUT2D eigenvalue weighted by atomic mass is 15.4. The third-order valence-corrected chi connectivity index (χ3v) is 6.49. The normalized spacial score (nSPS) is 13.2. The molecule has 183 valence electrons. The van der Waals surface area contributed by atoms with Crippen LogP contribution in [-0.2, 0) is 20.0 Å². The predicted molar refractivity (Wildman–Crippen MR) is 151 cm³/mol. The Kier molecular flexibility index (Phi) is 6.74. The van der Waals surface area contributed by atoms with Gasteiger partial charge in [-0.25, -0.2) is 5.43 Å². The molecule has 1 aliphatic carbocycles. The molecule has 2 aromatic heterocycles. The van der Waals surface area contributed by atoms with Gasteiger partial charge in [-0.2, -0.15) is 0 Å². The lowest BCUT2D eigenvalue weighted by Gasteiger charge is -2.24. The van der Waals surface area contributed by atoms with Crippen LogP contribution in [0.2, 0.25) is 0 Å². The van der Waals surface area contributed by atoms with E-state index in [1.807, 2.05) is 32.3 Å². The van der Waals surface area contributed by atoms with Crippen molar-refractivity contribution in [2.75, 3.05) is 7.05 Å². The molecule has 2 heterocycles. The highest BCUT2D eigenvalue weighted by molar-refractivity contribution is 6.17. The van der Waals surface area contributed by atoms with Gasteiger partial charge in [-0.05, 0) is 59.4 Å². The molecule has 0 spiro atoms. The fourth-order valence-electron chi connectivity index (χ4n) is 4.57. The quantitative estimate of drug-likeness (QED) is 0.213. The molecule has 2 aromatic carbocycles. The van der Waals surface area contributed by atoms with Gasteiger partial charge in [-0.15, -0.1) is 0 Å². The van der Waals surface area contributed by atoms with Crippen molar-refractivity contribution in [2.45, 2.75) is 19.9 Å². The van der Waals surface area contributed by atoms with Crippen LogP contribution >= 0.6 is 0 Å². The van der Waals surface area contributed by atoms with Crippen LogP contribution in [0.1, 0.15) is 30.6 Å². The van der Waals surface area contributed by atoms with Gasteiger partial charge in [-0.3, -0.25) is 14.3 Å². The molecule has 0 unspecified atom stereocenters. The Bertz CT molecular complexity index is 1460. The van der Waals surface area contributed by atoms with Crippen LogP contribution in [0.25, 0.3) is 28.2 Å². The van der Waals surface area contributed by atoms with Gasteiger partial charge in [0.15, 0.2) is 0 Å². The molecule has 0 amide bonds. The predicted octanol–water partition coefficient (Wildman–Crippen LogP) is 6.15. The molecule has 5 nitrogen and oxygen atoms in total. The molecule has 5 heteroatoms. The standard InChI is InChI=1S/C31H32N5.H2/c1-22(2)18-29(34-32-3)25-14-16-33-30(19-25)31-21-36(35(31)4)17-15-24-12-8-9-13-26(24)28-20-27(28)23-10-6-5-7-11-23;/h5-14,16,18-21,32,34H,1,15,17H2,2-4H3;1H/b29-18-;. The van der Waals surface area contributed by atoms with Crippen molar-refractivity contribution in [3.63, 3.8) is 0 Å². The second-order valence-electron chi connectivity index (χ2n) is 9.16. The molecular formula is C31H34N5. The maximum Gasteiger partial charge on any atom is 0.100 e. The van der Waals surface area contributed by atoms with E-state index in [1.54, 1.807) is 0 Å². The molecule has 36 heavy (non-hydrogen) atoms. The van der Waals surface area contributed by atoms with Crippen LogP contribution in [0.4, 0.5) is 0 Å². The van der Waals surface area contributed by atoms with Crippen LogP contribution in [0, 0.1) is 6.42 Å². The lowest BCUT2D eigenvalue weighted by Crippen LogP contribution is -2.26. The van der Waals surface area contributed by atoms with Gasteiger partial charge in [0, 0.05) is 46.4 Å². The fourth-order valence-corrected chi connectivity index (χ4v) is 4.57. The second kappa shape index (κ2) is 10.3. The highest BCUT2D eigenvalue weighted by Crippen LogP contribution is 2.46. The third kappa shape index (κ3) is 4.97. The maximum atomic E-state index is 4.62. The summed E-state index contributed by atoms with van der Waals surface area (Å²) in [7, 11) is 3.95. The first-order chi connectivity index (χ1) is 17.5. The van der Waals surface area contributed by atoms with E-state index in [9.17, 15) is 0 Å². The number of hydrogen-bond donors (Lipinski definition) is 2. The minimum atomic E-state index is 0. The summed E-state index contributed by atoms with van der Waals surface area (Å²) in [5.74, 6) is 0. The zero-order valence-corrected chi connectivity index (χ0v) is 21.1. The third-order valence-electron chi connectivity index (χ3n) is 6.49. The van der Waals surface area contributed by atoms with Gasteiger partial charge in [0.2, 0.25) is 0 Å². The van der Waals surface area contributed by atoms with Crippen LogP contribution in [-0.4, -0.2) is 21.4 Å². The number of allylic oxidation sites excluding steroid dienone is 4. The zero-order chi connectivity index (χ0) is 25.1. The Hall–Kier alpha value is -4.09. The summed E-state index contributed by atoms with van der Waals surface area (Å²) in [6, 6.07) is 23.5. The van der Waals surface area contributed by atoms with Gasteiger partial charge in [0.05, 0.1) is 11.4 Å². The van der Waals surface area contributed by atoms with Crippen molar-refractivity contribution < 1.29 is 1.43 Å². The molecule has 2 N–H and O–H groups in total. The first kappa shape index (κ1) is 23.6. The first-order valence-corrected chi connectivity index (χ1v) is 12.3. The molecule has 4 aromatic rings. The molecule has 0 fully saturated rings. The summed E-state index contributed by atoms with van der Waals surface area (Å²) in [6.07, 6.45) is 9.31. The molecule has 0 saturated carbocycles. The molecule has 0 aliphatic heterocycles. The molecule has 0 saturated heterocycles. The molecule has 5 rings (SSSR count). The van der Waals surface area contributed by atoms with E-state index in [2.05, 4.69) is 112 Å². The van der Waals surface area contributed by atoms with Crippen molar-refractivity contribution in [2.24, 2.45) is 7.05 Å². The van der Waals surface area contributed by atoms with E-state index in [4.69, 9.17) is 0 Å². The Morgan fingerprint density at radius 2 is 1.83 bits per heavy atom. The van der Waals surface area contributed by atoms with Crippen LogP contribution in [0.5, 0.6) is 0 Å². The van der Waals surface area contributed by atoms with E-state index < -0.39 is 0 Å². The molecule has 1 radical (unpaired) electrons. The summed E-state index contributed by atoms with van der Waals surface area (Å²) in [5, 5.41) is 0. The van der Waals surface area contributed by atoms with Gasteiger partial charge in [0.25, 0.3) is 0 Å². The summed E-state index contributed by atoms with van der Waals surface area (Å²) >= 11 is 0. The lowest BCUT2D eigenvalue weighted by atomic mass is 10.0. The number of aryl methyl sites for hydroxylation is 2. The first-order valence-electron chi connectivity index (χ1n) is 12.3. The van der Waals surface area contributed by atoms with Crippen molar-refractivity contribution in [1.82, 2.24) is 25.2 Å². The van der Waals surface area contributed by atoms with E-state index >= 15 is 0 Å². The highest BCUT2D eigenvalue weighted by Gasteiger charge is 2.26. The summed E-state index contributed by atoms with van der Waals surface area (Å²) < 4.78 is 4.43. The van der Waals surface area contributed by atoms with Gasteiger partial charge in [0.1, 0.15) is 5.69 Å². The van der Waals surface area contributed by atoms with E-state index in [-0.39, 0.29) is 1.43 Å². The number of aromatic nitrogens is 3. The summed E-state index contributed by atoms with van der Waals surface area (Å²) in [4.78, 5) is 4.62. The number of benzene rings is 2. The minimum absolute atomic E-state index is 0. The monoisotopic (exact) mass is 476 g/mol. The largest absolute Gasteiger partial charge is 0.321 e. The van der Waals surface area contributed by atoms with Crippen molar-refractivity contribution in [3.05, 3.63) is 126 Å². The molecule has 1 aliphatic rings. The number of nitrogens with one attached hydrogen (secondary N) is 2. The number of rotatable bonds is 10. The topological polar surface area (TPSA) is 46.8 Å². The van der Waals surface area contributed by atoms with Crippen molar-refractivity contribution in [1.29, 1.82) is 0 Å². The average molecular weight is 477 g/mol. The Labute approximate surface area is 214 Å².